The van der Waals surface area contributed by atoms with E-state index in [1.165, 1.54) is 238 Å². The molecule has 0 aliphatic rings. The highest BCUT2D eigenvalue weighted by Gasteiger charge is 2.19. The molecule has 0 aliphatic heterocycles. The topological polar surface area (TPSA) is 78.9 Å². The van der Waals surface area contributed by atoms with Crippen molar-refractivity contribution in [1.82, 2.24) is 0 Å². The minimum absolute atomic E-state index is 0.0732. The van der Waals surface area contributed by atoms with Crippen molar-refractivity contribution in [3.8, 4) is 0 Å². The molecular weight excluding hydrogens is 1010 g/mol. The molecule has 6 heteroatoms. The van der Waals surface area contributed by atoms with Crippen LogP contribution in [0.25, 0.3) is 0 Å². The molecule has 82 heavy (non-hydrogen) atoms. The summed E-state index contributed by atoms with van der Waals surface area (Å²) in [5.74, 6) is -0.857. The van der Waals surface area contributed by atoms with E-state index in [9.17, 15) is 14.4 Å². The lowest BCUT2D eigenvalue weighted by Crippen LogP contribution is -2.30. The molecule has 6 nitrogen and oxygen atoms in total. The summed E-state index contributed by atoms with van der Waals surface area (Å²) in [6.45, 7) is 6.57. The highest BCUT2D eigenvalue weighted by Crippen LogP contribution is 2.18. The van der Waals surface area contributed by atoms with Gasteiger partial charge in [-0.2, -0.15) is 0 Å². The van der Waals surface area contributed by atoms with Gasteiger partial charge in [0.25, 0.3) is 0 Å². The summed E-state index contributed by atoms with van der Waals surface area (Å²) in [6, 6.07) is 0. The molecule has 1 atom stereocenters. The first-order valence-corrected chi connectivity index (χ1v) is 35.9. The monoisotopic (exact) mass is 1150 g/mol. The average molecular weight is 1150 g/mol. The minimum Gasteiger partial charge on any atom is -0.462 e. The van der Waals surface area contributed by atoms with Gasteiger partial charge in [0.2, 0.25) is 0 Å². The number of hydrogen-bond donors (Lipinski definition) is 0. The number of unbranched alkanes of at least 4 members (excludes halogenated alkanes) is 43. The Bertz CT molecular complexity index is 1500. The number of hydrogen-bond acceptors (Lipinski definition) is 6. The van der Waals surface area contributed by atoms with Gasteiger partial charge in [-0.3, -0.25) is 14.4 Å². The minimum atomic E-state index is -0.778. The van der Waals surface area contributed by atoms with E-state index in [1.54, 1.807) is 0 Å². The molecule has 0 heterocycles. The van der Waals surface area contributed by atoms with Gasteiger partial charge in [0, 0.05) is 19.3 Å². The fraction of sp³-hybridized carbons (Fsp3) is 0.803. The van der Waals surface area contributed by atoms with E-state index < -0.39 is 6.10 Å². The lowest BCUT2D eigenvalue weighted by molar-refractivity contribution is -0.167. The molecule has 0 rings (SSSR count). The van der Waals surface area contributed by atoms with Gasteiger partial charge in [-0.15, -0.1) is 0 Å². The standard InChI is InChI=1S/C76H136O6/c1-4-7-10-13-16-19-22-25-27-29-31-33-35-37-38-40-41-43-45-47-49-51-54-57-60-63-66-69-75(78)81-72-73(71-80-74(77)68-65-62-59-56-53-24-21-18-15-12-9-6-3)82-76(79)70-67-64-61-58-55-52-50-48-46-44-42-39-36-34-32-30-28-26-23-20-17-14-11-8-5-2/h8,11,17,20,26,28-29,31-32,34,39,42,73H,4-7,9-10,12-16,18-19,21-25,27,30,33,35-38,40-41,43-72H2,1-3H3/b11-8-,20-17-,28-26-,31-29-,34-32-,42-39-. The molecule has 476 valence electrons. The molecule has 0 saturated heterocycles. The summed E-state index contributed by atoms with van der Waals surface area (Å²) >= 11 is 0. The van der Waals surface area contributed by atoms with Crippen molar-refractivity contribution in [1.29, 1.82) is 0 Å². The maximum atomic E-state index is 13.0. The highest BCUT2D eigenvalue weighted by molar-refractivity contribution is 5.71. The van der Waals surface area contributed by atoms with E-state index in [0.717, 1.165) is 96.3 Å². The second kappa shape index (κ2) is 70.3. The third kappa shape index (κ3) is 67.6. The zero-order valence-corrected chi connectivity index (χ0v) is 54.8. The van der Waals surface area contributed by atoms with Gasteiger partial charge in [0.1, 0.15) is 13.2 Å². The van der Waals surface area contributed by atoms with E-state index in [2.05, 4.69) is 93.7 Å². The van der Waals surface area contributed by atoms with E-state index in [1.807, 2.05) is 0 Å². The molecule has 0 fully saturated rings. The molecule has 0 N–H and O–H groups in total. The second-order valence-electron chi connectivity index (χ2n) is 24.1. The maximum absolute atomic E-state index is 13.0. The molecule has 0 spiro atoms. The Hall–Kier alpha value is -3.15. The molecule has 0 aromatic rings. The number of rotatable bonds is 66. The molecule has 0 amide bonds. The predicted molar refractivity (Wildman–Crippen MR) is 358 cm³/mol. The Morgan fingerprint density at radius 1 is 0.256 bits per heavy atom. The zero-order chi connectivity index (χ0) is 59.2. The number of esters is 3. The van der Waals surface area contributed by atoms with Crippen LogP contribution in [0.5, 0.6) is 0 Å². The summed E-state index contributed by atoms with van der Waals surface area (Å²) in [5, 5.41) is 0. The number of carbonyl (C=O) groups is 3. The lowest BCUT2D eigenvalue weighted by Gasteiger charge is -2.18. The van der Waals surface area contributed by atoms with Gasteiger partial charge < -0.3 is 14.2 Å². The van der Waals surface area contributed by atoms with Crippen molar-refractivity contribution in [3.63, 3.8) is 0 Å². The van der Waals surface area contributed by atoms with Crippen LogP contribution in [-0.2, 0) is 28.6 Å². The molecule has 0 bridgehead atoms. The summed E-state index contributed by atoms with van der Waals surface area (Å²) in [6.07, 6.45) is 92.2. The van der Waals surface area contributed by atoms with Gasteiger partial charge in [-0.05, 0) is 89.9 Å². The number of allylic oxidation sites excluding steroid dienone is 12. The Morgan fingerprint density at radius 2 is 0.476 bits per heavy atom. The zero-order valence-electron chi connectivity index (χ0n) is 54.8. The Labute approximate surface area is 510 Å². The van der Waals surface area contributed by atoms with Crippen molar-refractivity contribution in [2.45, 2.75) is 380 Å². The second-order valence-corrected chi connectivity index (χ2v) is 24.1. The summed E-state index contributed by atoms with van der Waals surface area (Å²) in [5.41, 5.74) is 0. The normalized spacial score (nSPS) is 12.5. The van der Waals surface area contributed by atoms with Crippen molar-refractivity contribution in [2.24, 2.45) is 0 Å². The Kier molecular flexibility index (Phi) is 67.6. The quantitative estimate of drug-likeness (QED) is 0.0261. The molecule has 0 aromatic carbocycles. The largest absolute Gasteiger partial charge is 0.462 e. The Balaban J connectivity index is 4.23. The SMILES string of the molecule is CC/C=C\C/C=C\C/C=C\C/C=C\C/C=C\CCCCCCCCCCCC(=O)OC(COC(=O)CCCCCCCCCCCCCC)COC(=O)CCCCCCCCCCCCCCCCC/C=C\CCCCCCCCCC. The third-order valence-electron chi connectivity index (χ3n) is 15.9. The highest BCUT2D eigenvalue weighted by atomic mass is 16.6. The van der Waals surface area contributed by atoms with Crippen molar-refractivity contribution < 1.29 is 28.6 Å². The van der Waals surface area contributed by atoms with Gasteiger partial charge >= 0.3 is 17.9 Å². The van der Waals surface area contributed by atoms with E-state index >= 15 is 0 Å². The van der Waals surface area contributed by atoms with Crippen molar-refractivity contribution >= 4 is 17.9 Å². The van der Waals surface area contributed by atoms with Crippen LogP contribution in [0.3, 0.4) is 0 Å². The fourth-order valence-electron chi connectivity index (χ4n) is 10.6. The summed E-state index contributed by atoms with van der Waals surface area (Å²) in [4.78, 5) is 38.4. The first-order chi connectivity index (χ1) is 40.5. The van der Waals surface area contributed by atoms with Gasteiger partial charge in [-0.1, -0.05) is 338 Å². The van der Waals surface area contributed by atoms with Crippen LogP contribution in [0.4, 0.5) is 0 Å². The van der Waals surface area contributed by atoms with E-state index in [4.69, 9.17) is 14.2 Å². The van der Waals surface area contributed by atoms with E-state index in [-0.39, 0.29) is 31.1 Å². The number of carbonyl (C=O) groups excluding carboxylic acids is 3. The van der Waals surface area contributed by atoms with Gasteiger partial charge in [-0.25, -0.2) is 0 Å². The number of ether oxygens (including phenoxy) is 3. The molecular formula is C76H136O6. The van der Waals surface area contributed by atoms with Crippen LogP contribution in [0.2, 0.25) is 0 Å². The average Bonchev–Trinajstić information content (AvgIpc) is 3.47. The summed E-state index contributed by atoms with van der Waals surface area (Å²) < 4.78 is 17.0. The third-order valence-corrected chi connectivity index (χ3v) is 15.9. The first-order valence-electron chi connectivity index (χ1n) is 35.9. The predicted octanol–water partition coefficient (Wildman–Crippen LogP) is 24.8. The van der Waals surface area contributed by atoms with Gasteiger partial charge in [0.15, 0.2) is 6.10 Å². The Morgan fingerprint density at radius 3 is 0.756 bits per heavy atom. The maximum Gasteiger partial charge on any atom is 0.306 e. The first kappa shape index (κ1) is 78.8. The molecule has 0 saturated carbocycles. The lowest BCUT2D eigenvalue weighted by atomic mass is 10.0. The van der Waals surface area contributed by atoms with Crippen molar-refractivity contribution in [2.75, 3.05) is 13.2 Å². The van der Waals surface area contributed by atoms with Crippen LogP contribution >= 0.6 is 0 Å². The van der Waals surface area contributed by atoms with Crippen LogP contribution in [0, 0.1) is 0 Å². The van der Waals surface area contributed by atoms with Crippen molar-refractivity contribution in [3.05, 3.63) is 72.9 Å². The fourth-order valence-corrected chi connectivity index (χ4v) is 10.6. The van der Waals surface area contributed by atoms with Gasteiger partial charge in [0.05, 0.1) is 0 Å². The van der Waals surface area contributed by atoms with Crippen LogP contribution in [0.1, 0.15) is 374 Å². The molecule has 0 aromatic heterocycles. The van der Waals surface area contributed by atoms with Crippen LogP contribution < -0.4 is 0 Å². The molecule has 0 aliphatic carbocycles. The molecule has 1 unspecified atom stereocenters. The summed E-state index contributed by atoms with van der Waals surface area (Å²) in [7, 11) is 0. The van der Waals surface area contributed by atoms with E-state index in [0.29, 0.717) is 19.3 Å². The smallest absolute Gasteiger partial charge is 0.306 e. The van der Waals surface area contributed by atoms with Crippen LogP contribution in [-0.4, -0.2) is 37.2 Å². The van der Waals surface area contributed by atoms with Crippen LogP contribution in [0.15, 0.2) is 72.9 Å². The molecule has 0 radical (unpaired) electrons.